The molecule has 1 saturated carbocycles. The molecule has 1 fully saturated rings. The van der Waals surface area contributed by atoms with E-state index in [1.807, 2.05) is 6.07 Å². The molecule has 0 saturated heterocycles. The van der Waals surface area contributed by atoms with Gasteiger partial charge < -0.3 is 9.53 Å². The summed E-state index contributed by atoms with van der Waals surface area (Å²) in [5, 5.41) is 11.7. The molecule has 6 nitrogen and oxygen atoms in total. The second-order valence-corrected chi connectivity index (χ2v) is 7.30. The number of hydrogen-bond acceptors (Lipinski definition) is 5. The van der Waals surface area contributed by atoms with Crippen LogP contribution >= 0.6 is 0 Å². The molecule has 0 N–H and O–H groups in total. The largest absolute Gasteiger partial charge is 0.460 e. The van der Waals surface area contributed by atoms with Crippen LogP contribution in [0.25, 0.3) is 0 Å². The molecular weight excluding hydrogens is 310 g/mol. The average Bonchev–Trinajstić information content (AvgIpc) is 2.84. The van der Waals surface area contributed by atoms with Crippen LogP contribution in [0, 0.1) is 22.0 Å². The molecule has 1 aliphatic rings. The highest BCUT2D eigenvalue weighted by Gasteiger charge is 2.52. The molecule has 1 aromatic rings. The van der Waals surface area contributed by atoms with Gasteiger partial charge in [0.1, 0.15) is 11.9 Å². The van der Waals surface area contributed by atoms with Crippen LogP contribution in [-0.4, -0.2) is 28.8 Å². The smallest absolute Gasteiger partial charge is 0.306 e. The minimum absolute atomic E-state index is 0.0450. The summed E-state index contributed by atoms with van der Waals surface area (Å²) in [4.78, 5) is 34.9. The summed E-state index contributed by atoms with van der Waals surface area (Å²) in [7, 11) is 0. The predicted molar refractivity (Wildman–Crippen MR) is 88.1 cm³/mol. The summed E-state index contributed by atoms with van der Waals surface area (Å²) in [5.41, 5.74) is 0.130. The van der Waals surface area contributed by atoms with Gasteiger partial charge in [0.25, 0.3) is 0 Å². The van der Waals surface area contributed by atoms with Crippen LogP contribution in [0.3, 0.4) is 0 Å². The number of nitrogens with zero attached hydrogens (tertiary/aromatic N) is 1. The lowest BCUT2D eigenvalue weighted by Gasteiger charge is -2.22. The van der Waals surface area contributed by atoms with Crippen molar-refractivity contribution in [2.75, 3.05) is 0 Å². The highest BCUT2D eigenvalue weighted by molar-refractivity contribution is 5.70. The molecule has 2 rings (SSSR count). The molecule has 0 radical (unpaired) electrons. The monoisotopic (exact) mass is 333 g/mol. The molecule has 4 atom stereocenters. The molecule has 0 unspecified atom stereocenters. The van der Waals surface area contributed by atoms with Crippen LogP contribution in [0.1, 0.15) is 45.1 Å². The van der Waals surface area contributed by atoms with Crippen molar-refractivity contribution in [3.05, 3.63) is 46.0 Å². The average molecular weight is 333 g/mol. The molecule has 24 heavy (non-hydrogen) atoms. The highest BCUT2D eigenvalue weighted by Crippen LogP contribution is 2.45. The third-order valence-corrected chi connectivity index (χ3v) is 4.34. The maximum absolute atomic E-state index is 12.1. The molecule has 0 spiro atoms. The normalized spacial score (nSPS) is 26.8. The van der Waals surface area contributed by atoms with Crippen LogP contribution in [0.4, 0.5) is 0 Å². The first-order valence-corrected chi connectivity index (χ1v) is 8.08. The van der Waals surface area contributed by atoms with Gasteiger partial charge in [-0.3, -0.25) is 14.9 Å². The van der Waals surface area contributed by atoms with Crippen molar-refractivity contribution in [3.8, 4) is 0 Å². The number of carbonyl (C=O) groups excluding carboxylic acids is 2. The molecule has 0 heterocycles. The van der Waals surface area contributed by atoms with E-state index in [0.29, 0.717) is 6.42 Å². The molecule has 1 aliphatic carbocycles. The van der Waals surface area contributed by atoms with Gasteiger partial charge in [0, 0.05) is 16.8 Å². The second kappa shape index (κ2) is 7.11. The lowest BCUT2D eigenvalue weighted by atomic mass is 9.86. The van der Waals surface area contributed by atoms with Gasteiger partial charge in [0.15, 0.2) is 0 Å². The van der Waals surface area contributed by atoms with Crippen molar-refractivity contribution < 1.29 is 19.2 Å². The quantitative estimate of drug-likeness (QED) is 0.358. The lowest BCUT2D eigenvalue weighted by Crippen LogP contribution is -2.33. The predicted octanol–water partition coefficient (Wildman–Crippen LogP) is 2.98. The van der Waals surface area contributed by atoms with Crippen LogP contribution in [-0.2, 0) is 14.3 Å². The Labute approximate surface area is 141 Å². The van der Waals surface area contributed by atoms with E-state index >= 15 is 0 Å². The molecule has 6 heteroatoms. The Kier molecular flexibility index (Phi) is 5.36. The van der Waals surface area contributed by atoms with Crippen molar-refractivity contribution >= 4 is 12.3 Å². The van der Waals surface area contributed by atoms with Gasteiger partial charge in [-0.15, -0.1) is 0 Å². The Hall–Kier alpha value is -2.24. The first-order valence-electron chi connectivity index (χ1n) is 8.08. The Morgan fingerprint density at radius 1 is 1.33 bits per heavy atom. The van der Waals surface area contributed by atoms with Gasteiger partial charge in [0.2, 0.25) is 6.04 Å². The summed E-state index contributed by atoms with van der Waals surface area (Å²) in [5.74, 6) is -1.94. The third-order valence-electron chi connectivity index (χ3n) is 4.34. The molecule has 0 aliphatic heterocycles. The maximum atomic E-state index is 12.1. The highest BCUT2D eigenvalue weighted by atomic mass is 16.6. The summed E-state index contributed by atoms with van der Waals surface area (Å²) >= 11 is 0. The summed E-state index contributed by atoms with van der Waals surface area (Å²) < 4.78 is 5.29. The van der Waals surface area contributed by atoms with E-state index in [1.165, 1.54) is 0 Å². The zero-order valence-corrected chi connectivity index (χ0v) is 14.2. The number of hydrogen-bond donors (Lipinski definition) is 0. The number of carbonyl (C=O) groups is 2. The van der Waals surface area contributed by atoms with Crippen molar-refractivity contribution in [2.45, 2.75) is 51.2 Å². The summed E-state index contributed by atoms with van der Waals surface area (Å²) in [6.45, 7) is 5.27. The third kappa shape index (κ3) is 4.19. The first kappa shape index (κ1) is 18.1. The van der Waals surface area contributed by atoms with Gasteiger partial charge in [-0.2, -0.15) is 0 Å². The lowest BCUT2D eigenvalue weighted by molar-refractivity contribution is -0.532. The molecule has 130 valence electrons. The SMILES string of the molecule is CC(C)(C)OC(=O)C[C@H]1C[C@@H](C=O)[C@H](c2ccccc2)[C@H]1[N+](=O)[O-]. The van der Waals surface area contributed by atoms with E-state index in [2.05, 4.69) is 0 Å². The maximum Gasteiger partial charge on any atom is 0.306 e. The van der Waals surface area contributed by atoms with E-state index in [0.717, 1.165) is 11.8 Å². The van der Waals surface area contributed by atoms with E-state index in [4.69, 9.17) is 4.74 Å². The fourth-order valence-electron chi connectivity index (χ4n) is 3.55. The van der Waals surface area contributed by atoms with Gasteiger partial charge in [-0.05, 0) is 32.8 Å². The molecule has 1 aromatic carbocycles. The minimum atomic E-state index is -0.963. The van der Waals surface area contributed by atoms with Crippen LogP contribution in [0.5, 0.6) is 0 Å². The number of esters is 1. The number of rotatable bonds is 5. The standard InChI is InChI=1S/C18H23NO5/c1-18(2,3)24-15(21)10-13-9-14(11-20)16(17(13)19(22)23)12-7-5-4-6-8-12/h4-8,11,13-14,16-17H,9-10H2,1-3H3/t13-,14+,16+,17+/m1/s1. The van der Waals surface area contributed by atoms with Crippen LogP contribution < -0.4 is 0 Å². The summed E-state index contributed by atoms with van der Waals surface area (Å²) in [6, 6.07) is 8.06. The fraction of sp³-hybridized carbons (Fsp3) is 0.556. The van der Waals surface area contributed by atoms with Crippen LogP contribution in [0.2, 0.25) is 0 Å². The Morgan fingerprint density at radius 2 is 1.96 bits per heavy atom. The van der Waals surface area contributed by atoms with Gasteiger partial charge in [0.05, 0.1) is 12.3 Å². The molecule has 0 aromatic heterocycles. The van der Waals surface area contributed by atoms with E-state index in [1.54, 1.807) is 45.0 Å². The van der Waals surface area contributed by atoms with Gasteiger partial charge >= 0.3 is 5.97 Å². The van der Waals surface area contributed by atoms with E-state index in [9.17, 15) is 19.7 Å². The number of ether oxygens (including phenoxy) is 1. The summed E-state index contributed by atoms with van der Waals surface area (Å²) in [6.07, 6.45) is 1.06. The van der Waals surface area contributed by atoms with Crippen LogP contribution in [0.15, 0.2) is 30.3 Å². The minimum Gasteiger partial charge on any atom is -0.460 e. The zero-order valence-electron chi connectivity index (χ0n) is 14.2. The number of benzene rings is 1. The number of aldehydes is 1. The van der Waals surface area contributed by atoms with Crippen molar-refractivity contribution in [2.24, 2.45) is 11.8 Å². The molecular formula is C18H23NO5. The Balaban J connectivity index is 2.25. The topological polar surface area (TPSA) is 86.5 Å². The molecule has 0 amide bonds. The van der Waals surface area contributed by atoms with Crippen molar-refractivity contribution in [1.29, 1.82) is 0 Å². The van der Waals surface area contributed by atoms with E-state index < -0.39 is 35.4 Å². The van der Waals surface area contributed by atoms with Crippen molar-refractivity contribution in [1.82, 2.24) is 0 Å². The fourth-order valence-corrected chi connectivity index (χ4v) is 3.55. The first-order chi connectivity index (χ1) is 11.2. The van der Waals surface area contributed by atoms with Gasteiger partial charge in [-0.25, -0.2) is 0 Å². The Morgan fingerprint density at radius 3 is 2.46 bits per heavy atom. The van der Waals surface area contributed by atoms with Crippen molar-refractivity contribution in [3.63, 3.8) is 0 Å². The van der Waals surface area contributed by atoms with Gasteiger partial charge in [-0.1, -0.05) is 30.3 Å². The Bertz CT molecular complexity index is 608. The zero-order chi connectivity index (χ0) is 17.9. The van der Waals surface area contributed by atoms with E-state index in [-0.39, 0.29) is 11.3 Å². The second-order valence-electron chi connectivity index (χ2n) is 7.30. The number of nitro groups is 1. The molecule has 0 bridgehead atoms.